The summed E-state index contributed by atoms with van der Waals surface area (Å²) in [5, 5.41) is 0.814. The van der Waals surface area contributed by atoms with E-state index in [4.69, 9.17) is 11.6 Å². The molecule has 80 valence electrons. The van der Waals surface area contributed by atoms with E-state index in [1.165, 1.54) is 30.4 Å². The highest BCUT2D eigenvalue weighted by Gasteiger charge is 2.23. The van der Waals surface area contributed by atoms with Crippen molar-refractivity contribution in [1.82, 2.24) is 0 Å². The van der Waals surface area contributed by atoms with Gasteiger partial charge < -0.3 is 0 Å². The summed E-state index contributed by atoms with van der Waals surface area (Å²) in [6.07, 6.45) is 6.04. The van der Waals surface area contributed by atoms with E-state index in [-0.39, 0.29) is 0 Å². The minimum atomic E-state index is 0.448. The number of hydrogen-bond acceptors (Lipinski definition) is 0. The lowest BCUT2D eigenvalue weighted by molar-refractivity contribution is 0.338. The summed E-state index contributed by atoms with van der Waals surface area (Å²) >= 11 is 5.89. The molecule has 0 saturated carbocycles. The third-order valence-corrected chi connectivity index (χ3v) is 3.35. The molecule has 2 rings (SSSR count). The summed E-state index contributed by atoms with van der Waals surface area (Å²) in [5.41, 5.74) is 3.25. The smallest absolute Gasteiger partial charge is 0.0406 e. The summed E-state index contributed by atoms with van der Waals surface area (Å²) in [5.74, 6) is 0. The van der Waals surface area contributed by atoms with E-state index in [0.717, 1.165) is 5.02 Å². The average Bonchev–Trinajstić information content (AvgIpc) is 2.17. The van der Waals surface area contributed by atoms with E-state index in [1.807, 2.05) is 12.1 Å². The Morgan fingerprint density at radius 1 is 1.13 bits per heavy atom. The van der Waals surface area contributed by atoms with Crippen LogP contribution in [-0.2, 0) is 0 Å². The summed E-state index contributed by atoms with van der Waals surface area (Å²) in [6, 6.07) is 8.18. The first kappa shape index (κ1) is 10.8. The van der Waals surface area contributed by atoms with Crippen LogP contribution >= 0.6 is 11.6 Å². The van der Waals surface area contributed by atoms with Crippen molar-refractivity contribution in [2.45, 2.75) is 33.1 Å². The molecule has 0 atom stereocenters. The second kappa shape index (κ2) is 4.02. The molecule has 0 nitrogen and oxygen atoms in total. The topological polar surface area (TPSA) is 0 Å². The lowest BCUT2D eigenvalue weighted by Crippen LogP contribution is -2.15. The number of halogens is 1. The van der Waals surface area contributed by atoms with Crippen molar-refractivity contribution < 1.29 is 0 Å². The third kappa shape index (κ3) is 2.63. The first-order valence-corrected chi connectivity index (χ1v) is 5.90. The van der Waals surface area contributed by atoms with E-state index in [2.05, 4.69) is 32.1 Å². The highest BCUT2D eigenvalue weighted by atomic mass is 35.5. The van der Waals surface area contributed by atoms with Crippen molar-refractivity contribution in [2.24, 2.45) is 5.41 Å². The Morgan fingerprint density at radius 3 is 2.40 bits per heavy atom. The maximum absolute atomic E-state index is 5.89. The zero-order chi connectivity index (χ0) is 10.9. The fraction of sp³-hybridized carbons (Fsp3) is 0.429. The van der Waals surface area contributed by atoms with Crippen molar-refractivity contribution >= 4 is 17.2 Å². The molecule has 0 heterocycles. The first-order valence-electron chi connectivity index (χ1n) is 5.52. The minimum Gasteiger partial charge on any atom is -0.0843 e. The SMILES string of the molecule is CC1(C)CCC=C(c2ccc(Cl)cc2)C1. The van der Waals surface area contributed by atoms with Gasteiger partial charge in [-0.3, -0.25) is 0 Å². The van der Waals surface area contributed by atoms with Crippen LogP contribution in [0.1, 0.15) is 38.7 Å². The molecule has 1 heteroatoms. The Bertz CT molecular complexity index is 371. The van der Waals surface area contributed by atoms with Gasteiger partial charge in [0.25, 0.3) is 0 Å². The molecule has 0 N–H and O–H groups in total. The van der Waals surface area contributed by atoms with Crippen LogP contribution in [-0.4, -0.2) is 0 Å². The van der Waals surface area contributed by atoms with E-state index in [1.54, 1.807) is 0 Å². The van der Waals surface area contributed by atoms with E-state index >= 15 is 0 Å². The Labute approximate surface area is 97.0 Å². The van der Waals surface area contributed by atoms with Gasteiger partial charge >= 0.3 is 0 Å². The lowest BCUT2D eigenvalue weighted by atomic mass is 9.76. The maximum Gasteiger partial charge on any atom is 0.0406 e. The standard InChI is InChI=1S/C14H17Cl/c1-14(2)9-3-4-12(10-14)11-5-7-13(15)8-6-11/h4-8H,3,9-10H2,1-2H3. The van der Waals surface area contributed by atoms with Gasteiger partial charge in [-0.05, 0) is 47.9 Å². The minimum absolute atomic E-state index is 0.448. The van der Waals surface area contributed by atoms with Crippen LogP contribution in [0.15, 0.2) is 30.3 Å². The summed E-state index contributed by atoms with van der Waals surface area (Å²) in [7, 11) is 0. The average molecular weight is 221 g/mol. The number of benzene rings is 1. The van der Waals surface area contributed by atoms with Crippen molar-refractivity contribution in [2.75, 3.05) is 0 Å². The van der Waals surface area contributed by atoms with Gasteiger partial charge in [0.2, 0.25) is 0 Å². The second-order valence-corrected chi connectivity index (χ2v) is 5.55. The van der Waals surface area contributed by atoms with Gasteiger partial charge in [-0.2, -0.15) is 0 Å². The molecule has 0 spiro atoms. The number of hydrogen-bond donors (Lipinski definition) is 0. The van der Waals surface area contributed by atoms with E-state index in [0.29, 0.717) is 5.41 Å². The molecule has 1 aromatic rings. The predicted octanol–water partition coefficient (Wildman–Crippen LogP) is 4.93. The lowest BCUT2D eigenvalue weighted by Gasteiger charge is -2.29. The summed E-state index contributed by atoms with van der Waals surface area (Å²) in [4.78, 5) is 0. The normalized spacial score (nSPS) is 19.8. The highest BCUT2D eigenvalue weighted by Crippen LogP contribution is 2.39. The Balaban J connectivity index is 2.24. The van der Waals surface area contributed by atoms with Crippen LogP contribution in [0, 0.1) is 5.41 Å². The molecule has 0 amide bonds. The largest absolute Gasteiger partial charge is 0.0843 e. The first-order chi connectivity index (χ1) is 7.07. The summed E-state index contributed by atoms with van der Waals surface area (Å²) in [6.45, 7) is 4.69. The molecule has 1 aliphatic rings. The van der Waals surface area contributed by atoms with Gasteiger partial charge in [-0.25, -0.2) is 0 Å². The zero-order valence-corrected chi connectivity index (χ0v) is 10.1. The van der Waals surface area contributed by atoms with E-state index in [9.17, 15) is 0 Å². The second-order valence-electron chi connectivity index (χ2n) is 5.12. The molecule has 1 aromatic carbocycles. The predicted molar refractivity (Wildman–Crippen MR) is 67.1 cm³/mol. The fourth-order valence-corrected chi connectivity index (χ4v) is 2.32. The molecule has 1 aliphatic carbocycles. The van der Waals surface area contributed by atoms with Gasteiger partial charge in [0.1, 0.15) is 0 Å². The molecule has 0 radical (unpaired) electrons. The van der Waals surface area contributed by atoms with Crippen molar-refractivity contribution in [3.8, 4) is 0 Å². The molecule has 0 aliphatic heterocycles. The molecule has 0 saturated heterocycles. The number of allylic oxidation sites excluding steroid dienone is 2. The Morgan fingerprint density at radius 2 is 1.80 bits per heavy atom. The Kier molecular flexibility index (Phi) is 2.88. The monoisotopic (exact) mass is 220 g/mol. The van der Waals surface area contributed by atoms with Gasteiger partial charge in [0, 0.05) is 5.02 Å². The summed E-state index contributed by atoms with van der Waals surface area (Å²) < 4.78 is 0. The molecule has 0 bridgehead atoms. The van der Waals surface area contributed by atoms with Crippen LogP contribution in [0.25, 0.3) is 5.57 Å². The van der Waals surface area contributed by atoms with Crippen LogP contribution in [0.3, 0.4) is 0 Å². The van der Waals surface area contributed by atoms with Gasteiger partial charge in [0.05, 0.1) is 0 Å². The third-order valence-electron chi connectivity index (χ3n) is 3.10. The molecule has 0 fully saturated rings. The Hall–Kier alpha value is -0.750. The zero-order valence-electron chi connectivity index (χ0n) is 9.39. The van der Waals surface area contributed by atoms with Crippen molar-refractivity contribution in [1.29, 1.82) is 0 Å². The fourth-order valence-electron chi connectivity index (χ4n) is 2.20. The van der Waals surface area contributed by atoms with Crippen LogP contribution < -0.4 is 0 Å². The molecular weight excluding hydrogens is 204 g/mol. The molecular formula is C14H17Cl. The maximum atomic E-state index is 5.89. The quantitative estimate of drug-likeness (QED) is 0.629. The number of rotatable bonds is 1. The molecule has 15 heavy (non-hydrogen) atoms. The van der Waals surface area contributed by atoms with Crippen LogP contribution in [0.5, 0.6) is 0 Å². The highest BCUT2D eigenvalue weighted by molar-refractivity contribution is 6.30. The van der Waals surface area contributed by atoms with Crippen LogP contribution in [0.4, 0.5) is 0 Å². The molecule has 0 unspecified atom stereocenters. The van der Waals surface area contributed by atoms with Crippen LogP contribution in [0.2, 0.25) is 5.02 Å². The van der Waals surface area contributed by atoms with Gasteiger partial charge in [-0.1, -0.05) is 43.7 Å². The van der Waals surface area contributed by atoms with E-state index < -0.39 is 0 Å². The van der Waals surface area contributed by atoms with Gasteiger partial charge in [-0.15, -0.1) is 0 Å². The van der Waals surface area contributed by atoms with Crippen molar-refractivity contribution in [3.05, 3.63) is 40.9 Å². The van der Waals surface area contributed by atoms with Crippen molar-refractivity contribution in [3.63, 3.8) is 0 Å². The van der Waals surface area contributed by atoms with Gasteiger partial charge in [0.15, 0.2) is 0 Å². The molecule has 0 aromatic heterocycles.